The number of aromatic amines is 1. The van der Waals surface area contributed by atoms with Gasteiger partial charge in [-0.2, -0.15) is 0 Å². The Kier molecular flexibility index (Phi) is 5.19. The molecule has 1 aromatic carbocycles. The highest BCUT2D eigenvalue weighted by Crippen LogP contribution is 2.19. The molecule has 0 atom stereocenters. The Morgan fingerprint density at radius 3 is 2.72 bits per heavy atom. The number of methoxy groups -OCH3 is 1. The van der Waals surface area contributed by atoms with Gasteiger partial charge < -0.3 is 19.4 Å². The minimum atomic E-state index is -0.274. The van der Waals surface area contributed by atoms with Gasteiger partial charge in [0.2, 0.25) is 0 Å². The number of hydrogen-bond acceptors (Lipinski definition) is 7. The van der Waals surface area contributed by atoms with Crippen LogP contribution in [0.15, 0.2) is 47.7 Å². The van der Waals surface area contributed by atoms with E-state index in [0.717, 1.165) is 0 Å². The number of aromatic nitrogens is 4. The van der Waals surface area contributed by atoms with Gasteiger partial charge in [0, 0.05) is 25.4 Å². The molecule has 0 unspecified atom stereocenters. The molecule has 1 N–H and O–H groups in total. The summed E-state index contributed by atoms with van der Waals surface area (Å²) in [6.07, 6.45) is 5.12. The first-order valence-electron chi connectivity index (χ1n) is 9.07. The number of carbonyl (C=O) groups is 1. The molecule has 9 nitrogen and oxygen atoms in total. The summed E-state index contributed by atoms with van der Waals surface area (Å²) in [4.78, 5) is 42.1. The van der Waals surface area contributed by atoms with E-state index in [2.05, 4.69) is 19.9 Å². The molecule has 1 aliphatic rings. The molecule has 0 spiro atoms. The fourth-order valence-electron chi connectivity index (χ4n) is 3.09. The van der Waals surface area contributed by atoms with Crippen LogP contribution in [0.1, 0.15) is 11.3 Å². The summed E-state index contributed by atoms with van der Waals surface area (Å²) in [5.41, 5.74) is 1.39. The maximum atomic E-state index is 12.5. The monoisotopic (exact) mass is 393 g/mol. The largest absolute Gasteiger partial charge is 0.497 e. The van der Waals surface area contributed by atoms with Gasteiger partial charge in [-0.25, -0.2) is 9.97 Å². The molecule has 0 bridgehead atoms. The second-order valence-electron chi connectivity index (χ2n) is 6.46. The van der Waals surface area contributed by atoms with Gasteiger partial charge in [-0.1, -0.05) is 0 Å². The van der Waals surface area contributed by atoms with E-state index in [1.807, 2.05) is 0 Å². The van der Waals surface area contributed by atoms with Gasteiger partial charge in [-0.15, -0.1) is 0 Å². The highest BCUT2D eigenvalue weighted by atomic mass is 16.5. The predicted octanol–water partition coefficient (Wildman–Crippen LogP) is 1.20. The SMILES string of the molecule is COc1ccc(OCC(=O)N2CCc3nc(-c4cnccn4)[nH]c(=O)c3C2)cc1. The Labute approximate surface area is 166 Å². The second-order valence-corrected chi connectivity index (χ2v) is 6.46. The molecular formula is C20H19N5O4. The number of benzene rings is 1. The fourth-order valence-corrected chi connectivity index (χ4v) is 3.09. The molecule has 2 aromatic heterocycles. The van der Waals surface area contributed by atoms with Crippen LogP contribution in [0.25, 0.3) is 11.5 Å². The fraction of sp³-hybridized carbons (Fsp3) is 0.250. The van der Waals surface area contributed by atoms with Crippen molar-refractivity contribution in [3.8, 4) is 23.0 Å². The van der Waals surface area contributed by atoms with Crippen molar-refractivity contribution >= 4 is 5.91 Å². The number of H-pyrrole nitrogens is 1. The number of nitrogens with one attached hydrogen (secondary N) is 1. The van der Waals surface area contributed by atoms with Gasteiger partial charge in [0.1, 0.15) is 17.2 Å². The first kappa shape index (κ1) is 18.6. The van der Waals surface area contributed by atoms with Gasteiger partial charge in [0.15, 0.2) is 12.4 Å². The Balaban J connectivity index is 1.44. The first-order chi connectivity index (χ1) is 14.1. The van der Waals surface area contributed by atoms with Gasteiger partial charge in [-0.05, 0) is 24.3 Å². The summed E-state index contributed by atoms with van der Waals surface area (Å²) in [5.74, 6) is 1.47. The number of nitrogens with zero attached hydrogens (tertiary/aromatic N) is 4. The zero-order valence-corrected chi connectivity index (χ0v) is 15.8. The Bertz CT molecular complexity index is 1070. The molecule has 0 saturated heterocycles. The Morgan fingerprint density at radius 2 is 2.00 bits per heavy atom. The van der Waals surface area contributed by atoms with Crippen LogP contribution in [0, 0.1) is 0 Å². The van der Waals surface area contributed by atoms with Crippen LogP contribution < -0.4 is 15.0 Å². The third-order valence-electron chi connectivity index (χ3n) is 4.65. The molecule has 1 aliphatic heterocycles. The zero-order chi connectivity index (χ0) is 20.2. The van der Waals surface area contributed by atoms with Crippen molar-refractivity contribution in [3.05, 3.63) is 64.5 Å². The highest BCUT2D eigenvalue weighted by Gasteiger charge is 2.25. The van der Waals surface area contributed by atoms with E-state index in [-0.39, 0.29) is 24.6 Å². The smallest absolute Gasteiger partial charge is 0.260 e. The van der Waals surface area contributed by atoms with Crippen LogP contribution in [0.3, 0.4) is 0 Å². The lowest BCUT2D eigenvalue weighted by atomic mass is 10.1. The van der Waals surface area contributed by atoms with Crippen molar-refractivity contribution in [2.45, 2.75) is 13.0 Å². The molecule has 0 fully saturated rings. The number of fused-ring (bicyclic) bond motifs is 1. The lowest BCUT2D eigenvalue weighted by Gasteiger charge is -2.27. The van der Waals surface area contributed by atoms with Gasteiger partial charge >= 0.3 is 0 Å². The highest BCUT2D eigenvalue weighted by molar-refractivity contribution is 5.78. The summed E-state index contributed by atoms with van der Waals surface area (Å²) in [6, 6.07) is 6.99. The molecule has 3 aromatic rings. The summed E-state index contributed by atoms with van der Waals surface area (Å²) in [5, 5.41) is 0. The molecule has 148 valence electrons. The normalized spacial score (nSPS) is 12.9. The van der Waals surface area contributed by atoms with E-state index in [0.29, 0.717) is 47.2 Å². The maximum Gasteiger partial charge on any atom is 0.260 e. The van der Waals surface area contributed by atoms with E-state index >= 15 is 0 Å². The van der Waals surface area contributed by atoms with Crippen LogP contribution in [0.5, 0.6) is 11.5 Å². The van der Waals surface area contributed by atoms with Crippen molar-refractivity contribution in [2.24, 2.45) is 0 Å². The molecule has 0 radical (unpaired) electrons. The van der Waals surface area contributed by atoms with Crippen molar-refractivity contribution in [2.75, 3.05) is 20.3 Å². The average Bonchev–Trinajstić information content (AvgIpc) is 2.78. The molecule has 0 saturated carbocycles. The Hall–Kier alpha value is -3.75. The van der Waals surface area contributed by atoms with Crippen LogP contribution in [0.2, 0.25) is 0 Å². The molecule has 9 heteroatoms. The number of amides is 1. The molecular weight excluding hydrogens is 374 g/mol. The van der Waals surface area contributed by atoms with Crippen molar-refractivity contribution in [1.82, 2.24) is 24.8 Å². The van der Waals surface area contributed by atoms with Crippen molar-refractivity contribution < 1.29 is 14.3 Å². The number of hydrogen-bond donors (Lipinski definition) is 1. The van der Waals surface area contributed by atoms with E-state index < -0.39 is 0 Å². The minimum absolute atomic E-state index is 0.106. The molecule has 1 amide bonds. The molecule has 4 rings (SSSR count). The number of ether oxygens (including phenoxy) is 2. The average molecular weight is 393 g/mol. The second kappa shape index (κ2) is 8.09. The van der Waals surface area contributed by atoms with Crippen molar-refractivity contribution in [1.29, 1.82) is 0 Å². The standard InChI is InChI=1S/C20H19N5O4/c1-28-13-2-4-14(5-3-13)29-12-18(26)25-9-6-16-15(11-25)20(27)24-19(23-16)17-10-21-7-8-22-17/h2-5,7-8,10H,6,9,11-12H2,1H3,(H,23,24,27). The maximum absolute atomic E-state index is 12.5. The van der Waals surface area contributed by atoms with E-state index in [4.69, 9.17) is 9.47 Å². The van der Waals surface area contributed by atoms with Crippen LogP contribution in [0.4, 0.5) is 0 Å². The third-order valence-corrected chi connectivity index (χ3v) is 4.65. The summed E-state index contributed by atoms with van der Waals surface area (Å²) in [6.45, 7) is 0.558. The molecule has 3 heterocycles. The molecule has 29 heavy (non-hydrogen) atoms. The summed E-state index contributed by atoms with van der Waals surface area (Å²) >= 11 is 0. The van der Waals surface area contributed by atoms with Gasteiger partial charge in [-0.3, -0.25) is 14.6 Å². The van der Waals surface area contributed by atoms with E-state index in [1.54, 1.807) is 48.7 Å². The van der Waals surface area contributed by atoms with E-state index in [9.17, 15) is 9.59 Å². The Morgan fingerprint density at radius 1 is 1.21 bits per heavy atom. The van der Waals surface area contributed by atoms with Crippen molar-refractivity contribution in [3.63, 3.8) is 0 Å². The summed E-state index contributed by atoms with van der Waals surface area (Å²) in [7, 11) is 1.58. The number of rotatable bonds is 5. The van der Waals surface area contributed by atoms with Gasteiger partial charge in [0.25, 0.3) is 11.5 Å². The predicted molar refractivity (Wildman–Crippen MR) is 103 cm³/mol. The van der Waals surface area contributed by atoms with Crippen LogP contribution >= 0.6 is 0 Å². The number of carbonyl (C=O) groups excluding carboxylic acids is 1. The lowest BCUT2D eigenvalue weighted by molar-refractivity contribution is -0.134. The van der Waals surface area contributed by atoms with Gasteiger partial charge in [0.05, 0.1) is 31.1 Å². The van der Waals surface area contributed by atoms with E-state index in [1.165, 1.54) is 6.20 Å². The van der Waals surface area contributed by atoms with Crippen LogP contribution in [-0.2, 0) is 17.8 Å². The lowest BCUT2D eigenvalue weighted by Crippen LogP contribution is -2.41. The third kappa shape index (κ3) is 4.08. The minimum Gasteiger partial charge on any atom is -0.497 e. The quantitative estimate of drug-likeness (QED) is 0.693. The topological polar surface area (TPSA) is 110 Å². The molecule has 0 aliphatic carbocycles. The first-order valence-corrected chi connectivity index (χ1v) is 9.07. The van der Waals surface area contributed by atoms with Crippen LogP contribution in [-0.4, -0.2) is 51.0 Å². The summed E-state index contributed by atoms with van der Waals surface area (Å²) < 4.78 is 10.6. The zero-order valence-electron chi connectivity index (χ0n) is 15.8.